The monoisotopic (exact) mass is 316 g/mol. The quantitative estimate of drug-likeness (QED) is 0.851. The zero-order chi connectivity index (χ0) is 15.7. The predicted octanol–water partition coefficient (Wildman–Crippen LogP) is 3.38. The molecule has 0 radical (unpaired) electrons. The number of hydrogen-bond donors (Lipinski definition) is 0. The lowest BCUT2D eigenvalue weighted by molar-refractivity contribution is 0.242. The molecule has 0 amide bonds. The first-order valence-electron chi connectivity index (χ1n) is 7.59. The summed E-state index contributed by atoms with van der Waals surface area (Å²) in [6.07, 6.45) is 6.50. The van der Waals surface area contributed by atoms with Crippen LogP contribution in [0.4, 0.5) is 0 Å². The van der Waals surface area contributed by atoms with Crippen LogP contribution >= 0.6 is 11.6 Å². The average molecular weight is 317 g/mol. The van der Waals surface area contributed by atoms with Gasteiger partial charge in [-0.3, -0.25) is 9.88 Å². The molecule has 0 bridgehead atoms. The minimum Gasteiger partial charge on any atom is -0.294 e. The van der Waals surface area contributed by atoms with Crippen molar-refractivity contribution < 1.29 is 0 Å². The van der Waals surface area contributed by atoms with Crippen molar-refractivity contribution >= 4 is 11.6 Å². The van der Waals surface area contributed by atoms with Crippen LogP contribution in [0.15, 0.2) is 24.7 Å². The number of fused-ring (bicyclic) bond motifs is 1. The number of aromatic nitrogens is 3. The minimum absolute atomic E-state index is 0.00137. The molecule has 2 aromatic rings. The minimum atomic E-state index is -0.00137. The number of pyridine rings is 1. The highest BCUT2D eigenvalue weighted by molar-refractivity contribution is 6.30. The van der Waals surface area contributed by atoms with E-state index in [-0.39, 0.29) is 5.41 Å². The molecule has 3 heterocycles. The van der Waals surface area contributed by atoms with Crippen LogP contribution in [0.5, 0.6) is 0 Å². The fraction of sp³-hybridized carbons (Fsp3) is 0.471. The Morgan fingerprint density at radius 2 is 2.05 bits per heavy atom. The molecule has 0 unspecified atom stereocenters. The van der Waals surface area contributed by atoms with Gasteiger partial charge in [-0.2, -0.15) is 0 Å². The molecule has 1 aliphatic heterocycles. The summed E-state index contributed by atoms with van der Waals surface area (Å²) in [4.78, 5) is 15.9. The van der Waals surface area contributed by atoms with Crippen molar-refractivity contribution in [2.45, 2.75) is 45.7 Å². The molecule has 2 aromatic heterocycles. The second kappa shape index (κ2) is 5.94. The first-order chi connectivity index (χ1) is 10.4. The van der Waals surface area contributed by atoms with Gasteiger partial charge in [-0.15, -0.1) is 0 Å². The van der Waals surface area contributed by atoms with Gasteiger partial charge in [-0.05, 0) is 11.6 Å². The van der Waals surface area contributed by atoms with E-state index in [1.165, 1.54) is 11.3 Å². The van der Waals surface area contributed by atoms with E-state index in [4.69, 9.17) is 16.6 Å². The SMILES string of the molecule is CC(C)(C)c1ncc2c(n1)CCN(Cc1cncc(Cl)c1)C2. The van der Waals surface area contributed by atoms with Crippen LogP contribution in [0, 0.1) is 0 Å². The molecule has 0 N–H and O–H groups in total. The summed E-state index contributed by atoms with van der Waals surface area (Å²) in [5, 5.41) is 0.688. The van der Waals surface area contributed by atoms with Crippen molar-refractivity contribution in [2.24, 2.45) is 0 Å². The van der Waals surface area contributed by atoms with Crippen molar-refractivity contribution in [2.75, 3.05) is 6.54 Å². The number of nitrogens with zero attached hydrogens (tertiary/aromatic N) is 4. The summed E-state index contributed by atoms with van der Waals surface area (Å²) < 4.78 is 0. The molecular weight excluding hydrogens is 296 g/mol. The Hall–Kier alpha value is -1.52. The molecule has 5 heteroatoms. The van der Waals surface area contributed by atoms with E-state index >= 15 is 0 Å². The molecule has 22 heavy (non-hydrogen) atoms. The highest BCUT2D eigenvalue weighted by Gasteiger charge is 2.22. The zero-order valence-corrected chi connectivity index (χ0v) is 14.1. The maximum Gasteiger partial charge on any atom is 0.133 e. The lowest BCUT2D eigenvalue weighted by atomic mass is 9.95. The molecule has 0 atom stereocenters. The Labute approximate surface area is 136 Å². The Kier molecular flexibility index (Phi) is 4.15. The van der Waals surface area contributed by atoms with Gasteiger partial charge < -0.3 is 0 Å². The first-order valence-corrected chi connectivity index (χ1v) is 7.97. The molecule has 0 spiro atoms. The number of hydrogen-bond acceptors (Lipinski definition) is 4. The van der Waals surface area contributed by atoms with E-state index in [9.17, 15) is 0 Å². The Bertz CT molecular complexity index is 679. The number of rotatable bonds is 2. The zero-order valence-electron chi connectivity index (χ0n) is 13.3. The van der Waals surface area contributed by atoms with Gasteiger partial charge in [-0.1, -0.05) is 32.4 Å². The fourth-order valence-corrected chi connectivity index (χ4v) is 2.87. The fourth-order valence-electron chi connectivity index (χ4n) is 2.67. The topological polar surface area (TPSA) is 41.9 Å². The summed E-state index contributed by atoms with van der Waals surface area (Å²) in [5.74, 6) is 0.929. The van der Waals surface area contributed by atoms with Gasteiger partial charge in [-0.25, -0.2) is 9.97 Å². The van der Waals surface area contributed by atoms with Crippen molar-refractivity contribution in [3.05, 3.63) is 52.3 Å². The molecule has 3 rings (SSSR count). The second-order valence-corrected chi connectivity index (χ2v) is 7.32. The Morgan fingerprint density at radius 3 is 2.77 bits per heavy atom. The molecule has 4 nitrogen and oxygen atoms in total. The second-order valence-electron chi connectivity index (χ2n) is 6.89. The molecule has 0 aliphatic carbocycles. The summed E-state index contributed by atoms with van der Waals surface area (Å²) >= 11 is 6.00. The molecular formula is C17H21ClN4. The lowest BCUT2D eigenvalue weighted by Crippen LogP contribution is -2.32. The standard InChI is InChI=1S/C17H21ClN4/c1-17(2,3)16-20-8-13-11-22(5-4-15(13)21-16)10-12-6-14(18)9-19-7-12/h6-9H,4-5,10-11H2,1-3H3. The van der Waals surface area contributed by atoms with Gasteiger partial charge in [0.05, 0.1) is 5.02 Å². The van der Waals surface area contributed by atoms with Crippen molar-refractivity contribution in [3.63, 3.8) is 0 Å². The average Bonchev–Trinajstić information content (AvgIpc) is 2.45. The summed E-state index contributed by atoms with van der Waals surface area (Å²) in [5.41, 5.74) is 3.57. The maximum atomic E-state index is 6.00. The molecule has 0 fully saturated rings. The summed E-state index contributed by atoms with van der Waals surface area (Å²) in [6.45, 7) is 9.18. The predicted molar refractivity (Wildman–Crippen MR) is 87.8 cm³/mol. The normalized spacial score (nSPS) is 15.6. The van der Waals surface area contributed by atoms with Gasteiger partial charge in [0.1, 0.15) is 5.82 Å². The van der Waals surface area contributed by atoms with E-state index in [2.05, 4.69) is 35.6 Å². The first kappa shape index (κ1) is 15.4. The van der Waals surface area contributed by atoms with Crippen LogP contribution in [0.3, 0.4) is 0 Å². The van der Waals surface area contributed by atoms with Crippen LogP contribution in [-0.2, 0) is 24.9 Å². The molecule has 0 aromatic carbocycles. The van der Waals surface area contributed by atoms with Gasteiger partial charge in [0.25, 0.3) is 0 Å². The van der Waals surface area contributed by atoms with E-state index < -0.39 is 0 Å². The molecule has 0 saturated carbocycles. The molecule has 116 valence electrons. The third-order valence-electron chi connectivity index (χ3n) is 3.85. The van der Waals surface area contributed by atoms with Gasteiger partial charge >= 0.3 is 0 Å². The van der Waals surface area contributed by atoms with E-state index in [1.54, 1.807) is 6.20 Å². The van der Waals surface area contributed by atoms with Crippen molar-refractivity contribution in [1.29, 1.82) is 0 Å². The largest absolute Gasteiger partial charge is 0.294 e. The third kappa shape index (κ3) is 3.45. The smallest absolute Gasteiger partial charge is 0.133 e. The third-order valence-corrected chi connectivity index (χ3v) is 4.06. The van der Waals surface area contributed by atoms with Crippen molar-refractivity contribution in [1.82, 2.24) is 19.9 Å². The van der Waals surface area contributed by atoms with Crippen LogP contribution in [0.2, 0.25) is 5.02 Å². The van der Waals surface area contributed by atoms with E-state index in [0.717, 1.165) is 37.4 Å². The van der Waals surface area contributed by atoms with Gasteiger partial charge in [0, 0.05) is 61.3 Å². The van der Waals surface area contributed by atoms with Crippen LogP contribution in [-0.4, -0.2) is 26.4 Å². The summed E-state index contributed by atoms with van der Waals surface area (Å²) in [7, 11) is 0. The highest BCUT2D eigenvalue weighted by atomic mass is 35.5. The highest BCUT2D eigenvalue weighted by Crippen LogP contribution is 2.23. The van der Waals surface area contributed by atoms with Crippen LogP contribution < -0.4 is 0 Å². The summed E-state index contributed by atoms with van der Waals surface area (Å²) in [6, 6.07) is 1.98. The van der Waals surface area contributed by atoms with E-state index in [0.29, 0.717) is 5.02 Å². The van der Waals surface area contributed by atoms with Gasteiger partial charge in [0.2, 0.25) is 0 Å². The van der Waals surface area contributed by atoms with Crippen LogP contribution in [0.25, 0.3) is 0 Å². The Balaban J connectivity index is 1.74. The van der Waals surface area contributed by atoms with Crippen molar-refractivity contribution in [3.8, 4) is 0 Å². The van der Waals surface area contributed by atoms with E-state index in [1.807, 2.05) is 18.5 Å². The van der Waals surface area contributed by atoms with Gasteiger partial charge in [0.15, 0.2) is 0 Å². The lowest BCUT2D eigenvalue weighted by Gasteiger charge is -2.29. The molecule has 1 aliphatic rings. The number of halogens is 1. The van der Waals surface area contributed by atoms with Crippen LogP contribution in [0.1, 0.15) is 43.4 Å². The maximum absolute atomic E-state index is 6.00. The Morgan fingerprint density at radius 1 is 1.23 bits per heavy atom. The molecule has 0 saturated heterocycles.